The molecule has 0 saturated carbocycles. The Hall–Kier alpha value is -1.86. The third kappa shape index (κ3) is 6.42. The standard InChI is InChI=1S/C16H23N3O3S/c1-19-11-9-14(10-12-19)17-16(20)8-5-13-3-6-15(7-4-13)18-23(2,21)22/h3-8,14,18H,9-12H2,1-2H3,(H,17,20). The Morgan fingerprint density at radius 2 is 1.83 bits per heavy atom. The molecule has 0 aromatic heterocycles. The highest BCUT2D eigenvalue weighted by Gasteiger charge is 2.17. The van der Waals surface area contributed by atoms with Gasteiger partial charge in [-0.2, -0.15) is 0 Å². The van der Waals surface area contributed by atoms with Crippen molar-refractivity contribution in [2.24, 2.45) is 0 Å². The van der Waals surface area contributed by atoms with E-state index in [1.165, 1.54) is 6.08 Å². The largest absolute Gasteiger partial charge is 0.350 e. The Bertz CT molecular complexity index is 660. The summed E-state index contributed by atoms with van der Waals surface area (Å²) in [7, 11) is -1.19. The molecular weight excluding hydrogens is 314 g/mol. The van der Waals surface area contributed by atoms with Crippen LogP contribution in [0.3, 0.4) is 0 Å². The minimum absolute atomic E-state index is 0.0992. The highest BCUT2D eigenvalue weighted by Crippen LogP contribution is 2.12. The Balaban J connectivity index is 1.86. The molecule has 6 nitrogen and oxygen atoms in total. The zero-order valence-electron chi connectivity index (χ0n) is 13.5. The number of anilines is 1. The maximum atomic E-state index is 11.9. The summed E-state index contributed by atoms with van der Waals surface area (Å²) in [4.78, 5) is 14.2. The van der Waals surface area contributed by atoms with E-state index in [0.717, 1.165) is 37.8 Å². The quantitative estimate of drug-likeness (QED) is 0.794. The fraction of sp³-hybridized carbons (Fsp3) is 0.438. The number of sulfonamides is 1. The molecule has 1 fully saturated rings. The van der Waals surface area contributed by atoms with Crippen molar-refractivity contribution in [3.63, 3.8) is 0 Å². The van der Waals surface area contributed by atoms with Crippen molar-refractivity contribution in [3.05, 3.63) is 35.9 Å². The molecule has 1 aliphatic rings. The maximum absolute atomic E-state index is 11.9. The number of rotatable bonds is 5. The molecule has 1 heterocycles. The van der Waals surface area contributed by atoms with Gasteiger partial charge in [-0.25, -0.2) is 8.42 Å². The smallest absolute Gasteiger partial charge is 0.244 e. The van der Waals surface area contributed by atoms with Crippen LogP contribution in [0.25, 0.3) is 6.08 Å². The van der Waals surface area contributed by atoms with Gasteiger partial charge >= 0.3 is 0 Å². The second-order valence-corrected chi connectivity index (χ2v) is 7.66. The fourth-order valence-electron chi connectivity index (χ4n) is 2.45. The van der Waals surface area contributed by atoms with Crippen LogP contribution in [-0.2, 0) is 14.8 Å². The average Bonchev–Trinajstić information content (AvgIpc) is 2.47. The topological polar surface area (TPSA) is 78.5 Å². The Morgan fingerprint density at radius 3 is 2.39 bits per heavy atom. The normalized spacial score (nSPS) is 17.3. The summed E-state index contributed by atoms with van der Waals surface area (Å²) >= 11 is 0. The first-order chi connectivity index (χ1) is 10.8. The van der Waals surface area contributed by atoms with Crippen molar-refractivity contribution in [3.8, 4) is 0 Å². The molecule has 2 rings (SSSR count). The lowest BCUT2D eigenvalue weighted by Gasteiger charge is -2.29. The van der Waals surface area contributed by atoms with Crippen molar-refractivity contribution >= 4 is 27.7 Å². The molecule has 0 atom stereocenters. The van der Waals surface area contributed by atoms with E-state index in [1.807, 2.05) is 0 Å². The van der Waals surface area contributed by atoms with Crippen LogP contribution in [0.2, 0.25) is 0 Å². The molecule has 1 aliphatic heterocycles. The molecule has 1 amide bonds. The summed E-state index contributed by atoms with van der Waals surface area (Å²) in [5.74, 6) is -0.0992. The van der Waals surface area contributed by atoms with Crippen LogP contribution in [0.4, 0.5) is 5.69 Å². The van der Waals surface area contributed by atoms with Gasteiger partial charge in [-0.15, -0.1) is 0 Å². The van der Waals surface area contributed by atoms with Crippen LogP contribution in [-0.4, -0.2) is 51.7 Å². The summed E-state index contributed by atoms with van der Waals surface area (Å²) in [5, 5.41) is 3.01. The molecule has 0 unspecified atom stereocenters. The van der Waals surface area contributed by atoms with Gasteiger partial charge in [0.2, 0.25) is 15.9 Å². The summed E-state index contributed by atoms with van der Waals surface area (Å²) in [6.45, 7) is 2.01. The number of nitrogens with zero attached hydrogens (tertiary/aromatic N) is 1. The van der Waals surface area contributed by atoms with Crippen LogP contribution in [0, 0.1) is 0 Å². The fourth-order valence-corrected chi connectivity index (χ4v) is 3.01. The molecule has 7 heteroatoms. The Morgan fingerprint density at radius 1 is 1.22 bits per heavy atom. The van der Waals surface area contributed by atoms with Crippen LogP contribution in [0.5, 0.6) is 0 Å². The van der Waals surface area contributed by atoms with Crippen molar-refractivity contribution in [2.45, 2.75) is 18.9 Å². The van der Waals surface area contributed by atoms with E-state index in [0.29, 0.717) is 5.69 Å². The van der Waals surface area contributed by atoms with Gasteiger partial charge < -0.3 is 10.2 Å². The van der Waals surface area contributed by atoms with E-state index in [9.17, 15) is 13.2 Å². The van der Waals surface area contributed by atoms with E-state index >= 15 is 0 Å². The average molecular weight is 337 g/mol. The van der Waals surface area contributed by atoms with Gasteiger partial charge in [0, 0.05) is 17.8 Å². The second-order valence-electron chi connectivity index (χ2n) is 5.92. The first-order valence-electron chi connectivity index (χ1n) is 7.57. The second kappa shape index (κ2) is 7.61. The highest BCUT2D eigenvalue weighted by atomic mass is 32.2. The number of likely N-dealkylation sites (tertiary alicyclic amines) is 1. The predicted molar refractivity (Wildman–Crippen MR) is 92.6 cm³/mol. The summed E-state index contributed by atoms with van der Waals surface area (Å²) in [6, 6.07) is 7.08. The molecule has 0 aliphatic carbocycles. The molecule has 126 valence electrons. The van der Waals surface area contributed by atoms with Crippen molar-refractivity contribution in [1.29, 1.82) is 0 Å². The summed E-state index contributed by atoms with van der Waals surface area (Å²) < 4.78 is 24.7. The van der Waals surface area contributed by atoms with Crippen molar-refractivity contribution in [2.75, 3.05) is 31.1 Å². The minimum atomic E-state index is -3.27. The zero-order chi connectivity index (χ0) is 16.9. The molecule has 0 bridgehead atoms. The number of carbonyl (C=O) groups excluding carboxylic acids is 1. The number of nitrogens with one attached hydrogen (secondary N) is 2. The van der Waals surface area contributed by atoms with Gasteiger partial charge in [-0.3, -0.25) is 9.52 Å². The molecule has 1 saturated heterocycles. The maximum Gasteiger partial charge on any atom is 0.244 e. The Labute approximate surface area is 137 Å². The first kappa shape index (κ1) is 17.5. The van der Waals surface area contributed by atoms with Crippen LogP contribution < -0.4 is 10.0 Å². The van der Waals surface area contributed by atoms with Crippen LogP contribution >= 0.6 is 0 Å². The first-order valence-corrected chi connectivity index (χ1v) is 9.46. The van der Waals surface area contributed by atoms with Gasteiger partial charge in [-0.1, -0.05) is 12.1 Å². The third-order valence-corrected chi connectivity index (χ3v) is 4.31. The van der Waals surface area contributed by atoms with Crippen molar-refractivity contribution < 1.29 is 13.2 Å². The molecular formula is C16H23N3O3S. The van der Waals surface area contributed by atoms with E-state index in [4.69, 9.17) is 0 Å². The SMILES string of the molecule is CN1CCC(NC(=O)C=Cc2ccc(NS(C)(=O)=O)cc2)CC1. The van der Waals surface area contributed by atoms with Crippen LogP contribution in [0.15, 0.2) is 30.3 Å². The van der Waals surface area contributed by atoms with E-state index < -0.39 is 10.0 Å². The minimum Gasteiger partial charge on any atom is -0.350 e. The molecule has 2 N–H and O–H groups in total. The van der Waals surface area contributed by atoms with Gasteiger partial charge in [0.15, 0.2) is 0 Å². The van der Waals surface area contributed by atoms with Gasteiger partial charge in [0.1, 0.15) is 0 Å². The summed E-state index contributed by atoms with van der Waals surface area (Å²) in [5.41, 5.74) is 1.34. The van der Waals surface area contributed by atoms with E-state index in [2.05, 4.69) is 22.0 Å². The molecule has 23 heavy (non-hydrogen) atoms. The Kier molecular flexibility index (Phi) is 5.79. The lowest BCUT2D eigenvalue weighted by molar-refractivity contribution is -0.117. The third-order valence-electron chi connectivity index (χ3n) is 3.71. The number of piperidine rings is 1. The lowest BCUT2D eigenvalue weighted by atomic mass is 10.1. The van der Waals surface area contributed by atoms with Gasteiger partial charge in [0.05, 0.1) is 6.26 Å². The van der Waals surface area contributed by atoms with Gasteiger partial charge in [0.25, 0.3) is 0 Å². The van der Waals surface area contributed by atoms with Gasteiger partial charge in [-0.05, 0) is 56.8 Å². The monoisotopic (exact) mass is 337 g/mol. The number of carbonyl (C=O) groups is 1. The predicted octanol–water partition coefficient (Wildman–Crippen LogP) is 1.28. The van der Waals surface area contributed by atoms with Crippen molar-refractivity contribution in [1.82, 2.24) is 10.2 Å². The molecule has 1 aromatic rings. The van der Waals surface area contributed by atoms with E-state index in [1.54, 1.807) is 30.3 Å². The molecule has 0 spiro atoms. The number of hydrogen-bond donors (Lipinski definition) is 2. The molecule has 0 radical (unpaired) electrons. The van der Waals surface area contributed by atoms with Crippen LogP contribution in [0.1, 0.15) is 18.4 Å². The summed E-state index contributed by atoms with van der Waals surface area (Å²) in [6.07, 6.45) is 6.28. The number of amides is 1. The number of hydrogen-bond acceptors (Lipinski definition) is 4. The van der Waals surface area contributed by atoms with E-state index in [-0.39, 0.29) is 11.9 Å². The molecule has 1 aromatic carbocycles. The number of benzene rings is 1. The zero-order valence-corrected chi connectivity index (χ0v) is 14.3. The highest BCUT2D eigenvalue weighted by molar-refractivity contribution is 7.92. The lowest BCUT2D eigenvalue weighted by Crippen LogP contribution is -2.42.